The molecular weight excluding hydrogens is 504 g/mol. The summed E-state index contributed by atoms with van der Waals surface area (Å²) in [6.07, 6.45) is 1.71. The van der Waals surface area contributed by atoms with E-state index in [0.29, 0.717) is 36.8 Å². The van der Waals surface area contributed by atoms with Crippen molar-refractivity contribution in [3.63, 3.8) is 0 Å². The zero-order valence-corrected chi connectivity index (χ0v) is 22.5. The van der Waals surface area contributed by atoms with Crippen LogP contribution >= 0.6 is 0 Å². The van der Waals surface area contributed by atoms with Gasteiger partial charge in [-0.15, -0.1) is 0 Å². The first-order valence-electron chi connectivity index (χ1n) is 14.0. The van der Waals surface area contributed by atoms with E-state index in [9.17, 15) is 14.4 Å². The topological polar surface area (TPSA) is 82.2 Å². The van der Waals surface area contributed by atoms with Crippen molar-refractivity contribution in [2.45, 2.75) is 30.8 Å². The number of anilines is 1. The van der Waals surface area contributed by atoms with Crippen LogP contribution in [-0.2, 0) is 11.2 Å². The Bertz CT molecular complexity index is 1490. The maximum atomic E-state index is 13.8. The van der Waals surface area contributed by atoms with Crippen molar-refractivity contribution >= 4 is 23.4 Å². The molecule has 0 spiro atoms. The fourth-order valence-corrected chi connectivity index (χ4v) is 6.93. The Morgan fingerprint density at radius 3 is 2.48 bits per heavy atom. The second-order valence-electron chi connectivity index (χ2n) is 11.1. The molecule has 1 N–H and O–H groups in total. The average molecular weight is 537 g/mol. The smallest absolute Gasteiger partial charge is 0.261 e. The quantitative estimate of drug-likeness (QED) is 0.501. The molecule has 0 unspecified atom stereocenters. The third-order valence-corrected chi connectivity index (χ3v) is 9.06. The summed E-state index contributed by atoms with van der Waals surface area (Å²) < 4.78 is 5.46. The highest BCUT2D eigenvalue weighted by Gasteiger charge is 2.41. The fraction of sp³-hybridized carbons (Fsp3) is 0.344. The van der Waals surface area contributed by atoms with E-state index in [4.69, 9.17) is 4.74 Å². The number of imide groups is 1. The molecule has 4 heterocycles. The largest absolute Gasteiger partial charge is 0.497 e. The molecular formula is C32H32N4O4. The van der Waals surface area contributed by atoms with Crippen molar-refractivity contribution in [3.8, 4) is 5.75 Å². The van der Waals surface area contributed by atoms with Crippen LogP contribution in [0.1, 0.15) is 55.8 Å². The second kappa shape index (κ2) is 9.78. The number of nitrogens with one attached hydrogen (secondary N) is 1. The highest BCUT2D eigenvalue weighted by molar-refractivity contribution is 6.21. The van der Waals surface area contributed by atoms with Gasteiger partial charge in [-0.05, 0) is 59.9 Å². The number of rotatable bonds is 5. The van der Waals surface area contributed by atoms with Crippen LogP contribution in [0, 0.1) is 0 Å². The van der Waals surface area contributed by atoms with Gasteiger partial charge in [0.05, 0.1) is 30.8 Å². The van der Waals surface area contributed by atoms with Gasteiger partial charge in [0.15, 0.2) is 0 Å². The van der Waals surface area contributed by atoms with Crippen molar-refractivity contribution in [2.75, 3.05) is 45.2 Å². The molecule has 8 heteroatoms. The number of ether oxygens (including phenoxy) is 1. The van der Waals surface area contributed by atoms with Gasteiger partial charge in [-0.3, -0.25) is 24.2 Å². The van der Waals surface area contributed by atoms with Gasteiger partial charge in [0.25, 0.3) is 11.8 Å². The Kier molecular flexibility index (Phi) is 6.08. The monoisotopic (exact) mass is 536 g/mol. The molecule has 0 aromatic heterocycles. The van der Waals surface area contributed by atoms with Crippen LogP contribution in [0.15, 0.2) is 66.7 Å². The number of carbonyl (C=O) groups is 3. The van der Waals surface area contributed by atoms with Crippen LogP contribution in [0.3, 0.4) is 0 Å². The molecule has 0 bridgehead atoms. The predicted octanol–water partition coefficient (Wildman–Crippen LogP) is 3.70. The van der Waals surface area contributed by atoms with E-state index in [2.05, 4.69) is 34.5 Å². The van der Waals surface area contributed by atoms with Crippen LogP contribution in [0.2, 0.25) is 0 Å². The van der Waals surface area contributed by atoms with E-state index in [0.717, 1.165) is 29.8 Å². The number of methoxy groups -OCH3 is 1. The molecule has 1 fully saturated rings. The van der Waals surface area contributed by atoms with E-state index < -0.39 is 0 Å². The van der Waals surface area contributed by atoms with E-state index in [1.54, 1.807) is 31.4 Å². The first kappa shape index (κ1) is 24.8. The van der Waals surface area contributed by atoms with Gasteiger partial charge in [-0.2, -0.15) is 0 Å². The standard InChI is InChI=1S/C32H32N4O4/c1-40-21-10-11-27-25(16-21)26-17-35(15-13-28(26)33-27)30(37)19-34-14-12-20-6-2-3-7-22(20)29(34)18-36-31(38)23-8-4-5-9-24(23)32(36)39/h2-11,16,26,28-29,33H,12-15,17-19H2,1H3/t26-,28+,29+/m0/s1. The second-order valence-corrected chi connectivity index (χ2v) is 11.1. The van der Waals surface area contributed by atoms with Crippen molar-refractivity contribution in [1.82, 2.24) is 14.7 Å². The van der Waals surface area contributed by atoms with Crippen molar-refractivity contribution in [3.05, 3.63) is 94.5 Å². The molecule has 204 valence electrons. The molecule has 0 aliphatic carbocycles. The summed E-state index contributed by atoms with van der Waals surface area (Å²) in [4.78, 5) is 45.7. The number of hydrogen-bond acceptors (Lipinski definition) is 6. The zero-order chi connectivity index (χ0) is 27.4. The predicted molar refractivity (Wildman–Crippen MR) is 151 cm³/mol. The van der Waals surface area contributed by atoms with Crippen LogP contribution in [0.5, 0.6) is 5.75 Å². The van der Waals surface area contributed by atoms with Gasteiger partial charge in [0, 0.05) is 43.8 Å². The van der Waals surface area contributed by atoms with Crippen molar-refractivity contribution < 1.29 is 19.1 Å². The maximum absolute atomic E-state index is 13.8. The Hall–Kier alpha value is -4.17. The Labute approximate surface area is 233 Å². The molecule has 8 nitrogen and oxygen atoms in total. The number of carbonyl (C=O) groups excluding carboxylic acids is 3. The van der Waals surface area contributed by atoms with Crippen LogP contribution in [-0.4, -0.2) is 78.3 Å². The fourth-order valence-electron chi connectivity index (χ4n) is 6.93. The molecule has 4 aliphatic heterocycles. The summed E-state index contributed by atoms with van der Waals surface area (Å²) in [6.45, 7) is 2.52. The van der Waals surface area contributed by atoms with Gasteiger partial charge >= 0.3 is 0 Å². The Balaban J connectivity index is 1.11. The molecule has 1 saturated heterocycles. The number of nitrogens with zero attached hydrogens (tertiary/aromatic N) is 3. The minimum absolute atomic E-state index is 0.0848. The minimum atomic E-state index is -0.264. The highest BCUT2D eigenvalue weighted by atomic mass is 16.5. The summed E-state index contributed by atoms with van der Waals surface area (Å²) in [7, 11) is 1.67. The van der Waals surface area contributed by atoms with Crippen molar-refractivity contribution in [1.29, 1.82) is 0 Å². The molecule has 3 amide bonds. The first-order valence-corrected chi connectivity index (χ1v) is 14.0. The zero-order valence-electron chi connectivity index (χ0n) is 22.5. The van der Waals surface area contributed by atoms with Crippen LogP contribution in [0.25, 0.3) is 0 Å². The lowest BCUT2D eigenvalue weighted by Crippen LogP contribution is -2.51. The highest BCUT2D eigenvalue weighted by Crippen LogP contribution is 2.42. The normalized spacial score (nSPS) is 23.3. The van der Waals surface area contributed by atoms with Gasteiger partial charge in [-0.1, -0.05) is 36.4 Å². The average Bonchev–Trinajstić information content (AvgIpc) is 3.47. The van der Waals surface area contributed by atoms with Gasteiger partial charge < -0.3 is 15.0 Å². The molecule has 3 aromatic carbocycles. The lowest BCUT2D eigenvalue weighted by atomic mass is 9.89. The number of hydrogen-bond donors (Lipinski definition) is 1. The summed E-state index contributed by atoms with van der Waals surface area (Å²) in [5.74, 6) is 0.604. The number of piperidine rings is 1. The molecule has 3 aromatic rings. The third kappa shape index (κ3) is 4.05. The number of amides is 3. The van der Waals surface area contributed by atoms with E-state index >= 15 is 0 Å². The lowest BCUT2D eigenvalue weighted by Gasteiger charge is -2.41. The number of fused-ring (bicyclic) bond motifs is 5. The molecule has 3 atom stereocenters. The summed E-state index contributed by atoms with van der Waals surface area (Å²) in [6, 6.07) is 21.3. The number of benzene rings is 3. The van der Waals surface area contributed by atoms with Crippen molar-refractivity contribution in [2.24, 2.45) is 0 Å². The molecule has 4 aliphatic rings. The van der Waals surface area contributed by atoms with Gasteiger partial charge in [0.2, 0.25) is 5.91 Å². The van der Waals surface area contributed by atoms with E-state index in [-0.39, 0.29) is 42.8 Å². The molecule has 0 saturated carbocycles. The van der Waals surface area contributed by atoms with E-state index in [1.165, 1.54) is 16.0 Å². The van der Waals surface area contributed by atoms with Gasteiger partial charge in [0.1, 0.15) is 5.75 Å². The Morgan fingerprint density at radius 2 is 1.70 bits per heavy atom. The minimum Gasteiger partial charge on any atom is -0.497 e. The summed E-state index contributed by atoms with van der Waals surface area (Å²) in [5, 5.41) is 3.63. The SMILES string of the molecule is COc1ccc2c(c1)[C@@H]1CN(C(=O)CN3CCc4ccccc4[C@H]3CN3C(=O)c4ccccc4C3=O)CC[C@H]1N2. The maximum Gasteiger partial charge on any atom is 0.261 e. The summed E-state index contributed by atoms with van der Waals surface area (Å²) >= 11 is 0. The van der Waals surface area contributed by atoms with E-state index in [1.807, 2.05) is 23.1 Å². The first-order chi connectivity index (χ1) is 19.5. The number of likely N-dealkylation sites (tertiary alicyclic amines) is 1. The molecule has 7 rings (SSSR count). The van der Waals surface area contributed by atoms with Crippen LogP contribution < -0.4 is 10.1 Å². The molecule has 0 radical (unpaired) electrons. The summed E-state index contributed by atoms with van der Waals surface area (Å²) in [5.41, 5.74) is 5.51. The van der Waals surface area contributed by atoms with Crippen LogP contribution in [0.4, 0.5) is 5.69 Å². The Morgan fingerprint density at radius 1 is 0.950 bits per heavy atom. The van der Waals surface area contributed by atoms with Gasteiger partial charge in [-0.25, -0.2) is 0 Å². The lowest BCUT2D eigenvalue weighted by molar-refractivity contribution is -0.134. The third-order valence-electron chi connectivity index (χ3n) is 9.06. The molecule has 40 heavy (non-hydrogen) atoms.